The third-order valence-corrected chi connectivity index (χ3v) is 4.71. The molecule has 1 aliphatic heterocycles. The third kappa shape index (κ3) is 2.21. The molecule has 15 heavy (non-hydrogen) atoms. The quantitative estimate of drug-likeness (QED) is 0.779. The highest BCUT2D eigenvalue weighted by molar-refractivity contribution is 5.02. The van der Waals surface area contributed by atoms with E-state index >= 15 is 0 Å². The van der Waals surface area contributed by atoms with Crippen molar-refractivity contribution in [3.8, 4) is 0 Å². The topological polar surface area (TPSA) is 35.2 Å². The molecule has 1 aliphatic carbocycles. The summed E-state index contributed by atoms with van der Waals surface area (Å²) in [5, 5.41) is 0. The second-order valence-electron chi connectivity index (χ2n) is 6.07. The van der Waals surface area contributed by atoms with Crippen LogP contribution in [-0.2, 0) is 4.74 Å². The first-order valence-electron chi connectivity index (χ1n) is 6.44. The Labute approximate surface area is 93.6 Å². The molecule has 2 unspecified atom stereocenters. The fraction of sp³-hybridized carbons (Fsp3) is 1.00. The van der Waals surface area contributed by atoms with Crippen molar-refractivity contribution in [2.75, 3.05) is 6.61 Å². The lowest BCUT2D eigenvalue weighted by Crippen LogP contribution is -2.49. The van der Waals surface area contributed by atoms with Crippen LogP contribution in [0.15, 0.2) is 0 Å². The Kier molecular flexibility index (Phi) is 3.09. The van der Waals surface area contributed by atoms with Gasteiger partial charge in [-0.25, -0.2) is 0 Å². The van der Waals surface area contributed by atoms with Crippen LogP contribution in [0.25, 0.3) is 0 Å². The van der Waals surface area contributed by atoms with Gasteiger partial charge in [0.2, 0.25) is 0 Å². The summed E-state index contributed by atoms with van der Waals surface area (Å²) in [4.78, 5) is 0. The predicted molar refractivity (Wildman–Crippen MR) is 62.8 cm³/mol. The van der Waals surface area contributed by atoms with Crippen molar-refractivity contribution < 1.29 is 4.74 Å². The van der Waals surface area contributed by atoms with Crippen LogP contribution in [0.4, 0.5) is 0 Å². The lowest BCUT2D eigenvalue weighted by Gasteiger charge is -2.39. The van der Waals surface area contributed by atoms with Crippen molar-refractivity contribution in [1.82, 2.24) is 0 Å². The molecule has 2 rings (SSSR count). The van der Waals surface area contributed by atoms with Gasteiger partial charge in [-0.05, 0) is 43.9 Å². The maximum absolute atomic E-state index is 6.56. The van der Waals surface area contributed by atoms with Gasteiger partial charge in [-0.15, -0.1) is 0 Å². The van der Waals surface area contributed by atoms with E-state index in [1.165, 1.54) is 38.5 Å². The summed E-state index contributed by atoms with van der Waals surface area (Å²) in [6, 6.07) is 0. The van der Waals surface area contributed by atoms with E-state index in [0.29, 0.717) is 11.5 Å². The van der Waals surface area contributed by atoms with Crippen LogP contribution in [0.1, 0.15) is 58.8 Å². The van der Waals surface area contributed by atoms with Crippen molar-refractivity contribution in [3.63, 3.8) is 0 Å². The Balaban J connectivity index is 1.87. The van der Waals surface area contributed by atoms with Gasteiger partial charge in [0.1, 0.15) is 0 Å². The largest absolute Gasteiger partial charge is 0.378 e. The van der Waals surface area contributed by atoms with E-state index in [4.69, 9.17) is 10.5 Å². The molecule has 0 spiro atoms. The minimum atomic E-state index is 0.0684. The average Bonchev–Trinajstić information content (AvgIpc) is 2.73. The van der Waals surface area contributed by atoms with Gasteiger partial charge < -0.3 is 10.5 Å². The predicted octanol–water partition coefficient (Wildman–Crippen LogP) is 2.85. The molecule has 0 bridgehead atoms. The minimum absolute atomic E-state index is 0.0684. The van der Waals surface area contributed by atoms with E-state index in [1.807, 2.05) is 0 Å². The van der Waals surface area contributed by atoms with Crippen LogP contribution in [0.2, 0.25) is 0 Å². The maximum Gasteiger partial charge on any atom is 0.0576 e. The second-order valence-corrected chi connectivity index (χ2v) is 6.07. The normalized spacial score (nSPS) is 39.8. The maximum atomic E-state index is 6.56. The SMILES string of the molecule is CC1(C)CCCC1(N)CCC1CCCO1. The first kappa shape index (κ1) is 11.4. The third-order valence-electron chi connectivity index (χ3n) is 4.71. The van der Waals surface area contributed by atoms with E-state index < -0.39 is 0 Å². The smallest absolute Gasteiger partial charge is 0.0576 e. The fourth-order valence-electron chi connectivity index (χ4n) is 3.19. The Hall–Kier alpha value is -0.0800. The standard InChI is InChI=1S/C13H25NO/c1-12(2)7-4-8-13(12,14)9-6-11-5-3-10-15-11/h11H,3-10,14H2,1-2H3. The summed E-state index contributed by atoms with van der Waals surface area (Å²) in [5.74, 6) is 0. The molecule has 88 valence electrons. The van der Waals surface area contributed by atoms with Gasteiger partial charge in [0.05, 0.1) is 6.10 Å². The van der Waals surface area contributed by atoms with Crippen LogP contribution in [0, 0.1) is 5.41 Å². The summed E-state index contributed by atoms with van der Waals surface area (Å²) in [6.07, 6.45) is 9.09. The van der Waals surface area contributed by atoms with Crippen LogP contribution < -0.4 is 5.73 Å². The molecule has 0 aromatic rings. The Bertz CT molecular complexity index is 221. The number of rotatable bonds is 3. The molecule has 1 saturated carbocycles. The first-order valence-corrected chi connectivity index (χ1v) is 6.44. The molecule has 0 aromatic heterocycles. The number of nitrogens with two attached hydrogens (primary N) is 1. The van der Waals surface area contributed by atoms with Crippen LogP contribution >= 0.6 is 0 Å². The molecule has 2 N–H and O–H groups in total. The van der Waals surface area contributed by atoms with E-state index in [2.05, 4.69) is 13.8 Å². The van der Waals surface area contributed by atoms with Crippen molar-refractivity contribution in [2.24, 2.45) is 11.1 Å². The summed E-state index contributed by atoms with van der Waals surface area (Å²) < 4.78 is 5.67. The first-order chi connectivity index (χ1) is 7.04. The lowest BCUT2D eigenvalue weighted by atomic mass is 9.72. The van der Waals surface area contributed by atoms with E-state index in [-0.39, 0.29) is 5.54 Å². The Morgan fingerprint density at radius 3 is 2.60 bits per heavy atom. The van der Waals surface area contributed by atoms with Crippen molar-refractivity contribution in [3.05, 3.63) is 0 Å². The highest BCUT2D eigenvalue weighted by atomic mass is 16.5. The van der Waals surface area contributed by atoms with Crippen LogP contribution in [-0.4, -0.2) is 18.2 Å². The highest BCUT2D eigenvalue weighted by Gasteiger charge is 2.45. The number of hydrogen-bond donors (Lipinski definition) is 1. The van der Waals surface area contributed by atoms with E-state index in [1.54, 1.807) is 0 Å². The fourth-order valence-corrected chi connectivity index (χ4v) is 3.19. The Morgan fingerprint density at radius 2 is 2.07 bits per heavy atom. The zero-order valence-electron chi connectivity index (χ0n) is 10.2. The monoisotopic (exact) mass is 211 g/mol. The summed E-state index contributed by atoms with van der Waals surface area (Å²) in [7, 11) is 0. The van der Waals surface area contributed by atoms with E-state index in [9.17, 15) is 0 Å². The van der Waals surface area contributed by atoms with Crippen molar-refractivity contribution in [2.45, 2.75) is 70.4 Å². The van der Waals surface area contributed by atoms with Gasteiger partial charge in [0.25, 0.3) is 0 Å². The second kappa shape index (κ2) is 4.06. The van der Waals surface area contributed by atoms with Crippen LogP contribution in [0.3, 0.4) is 0 Å². The lowest BCUT2D eigenvalue weighted by molar-refractivity contribution is 0.0849. The molecule has 1 saturated heterocycles. The number of hydrogen-bond acceptors (Lipinski definition) is 2. The van der Waals surface area contributed by atoms with Gasteiger partial charge in [0.15, 0.2) is 0 Å². The molecule has 1 heterocycles. The highest BCUT2D eigenvalue weighted by Crippen LogP contribution is 2.47. The van der Waals surface area contributed by atoms with Gasteiger partial charge >= 0.3 is 0 Å². The molecule has 2 aliphatic rings. The van der Waals surface area contributed by atoms with E-state index in [0.717, 1.165) is 13.0 Å². The van der Waals surface area contributed by atoms with Gasteiger partial charge in [-0.2, -0.15) is 0 Å². The average molecular weight is 211 g/mol. The summed E-state index contributed by atoms with van der Waals surface area (Å²) in [5.41, 5.74) is 6.95. The minimum Gasteiger partial charge on any atom is -0.378 e. The molecular weight excluding hydrogens is 186 g/mol. The van der Waals surface area contributed by atoms with Crippen molar-refractivity contribution >= 4 is 0 Å². The molecule has 2 nitrogen and oxygen atoms in total. The number of ether oxygens (including phenoxy) is 1. The van der Waals surface area contributed by atoms with Gasteiger partial charge in [-0.1, -0.05) is 20.3 Å². The summed E-state index contributed by atoms with van der Waals surface area (Å²) in [6.45, 7) is 5.62. The summed E-state index contributed by atoms with van der Waals surface area (Å²) >= 11 is 0. The Morgan fingerprint density at radius 1 is 1.27 bits per heavy atom. The molecule has 2 heteroatoms. The van der Waals surface area contributed by atoms with Crippen LogP contribution in [0.5, 0.6) is 0 Å². The van der Waals surface area contributed by atoms with Gasteiger partial charge in [0, 0.05) is 12.1 Å². The molecular formula is C13H25NO. The molecule has 0 aromatic carbocycles. The molecule has 2 atom stereocenters. The van der Waals surface area contributed by atoms with Crippen molar-refractivity contribution in [1.29, 1.82) is 0 Å². The molecule has 2 fully saturated rings. The zero-order valence-corrected chi connectivity index (χ0v) is 10.2. The molecule has 0 amide bonds. The van der Waals surface area contributed by atoms with Gasteiger partial charge in [-0.3, -0.25) is 0 Å². The zero-order chi connectivity index (χ0) is 10.9. The molecule has 0 radical (unpaired) electrons.